The van der Waals surface area contributed by atoms with Gasteiger partial charge >= 0.3 is 6.18 Å². The molecule has 3 heterocycles. The average molecular weight is 329 g/mol. The Morgan fingerprint density at radius 3 is 2.83 bits per heavy atom. The van der Waals surface area contributed by atoms with E-state index in [-0.39, 0.29) is 17.8 Å². The smallest absolute Gasteiger partial charge is 0.397 e. The molecule has 0 bridgehead atoms. The average Bonchev–Trinajstić information content (AvgIpc) is 3.08. The van der Waals surface area contributed by atoms with Gasteiger partial charge in [-0.1, -0.05) is 6.42 Å². The number of alkyl halides is 3. The number of nitrogens with zero attached hydrogens (tertiary/aromatic N) is 5. The minimum absolute atomic E-state index is 0.145. The molecule has 1 atom stereocenters. The minimum Gasteiger partial charge on any atom is -0.423 e. The Balaban J connectivity index is 1.75. The van der Waals surface area contributed by atoms with E-state index in [1.54, 1.807) is 10.9 Å². The van der Waals surface area contributed by atoms with Crippen LogP contribution in [0.1, 0.15) is 42.8 Å². The zero-order valence-electron chi connectivity index (χ0n) is 12.8. The van der Waals surface area contributed by atoms with E-state index in [2.05, 4.69) is 20.2 Å². The third kappa shape index (κ3) is 3.90. The summed E-state index contributed by atoms with van der Waals surface area (Å²) >= 11 is 0. The van der Waals surface area contributed by atoms with E-state index in [0.29, 0.717) is 6.54 Å². The summed E-state index contributed by atoms with van der Waals surface area (Å²) in [6.45, 7) is 1.49. The molecule has 0 aromatic carbocycles. The van der Waals surface area contributed by atoms with Crippen molar-refractivity contribution in [1.29, 1.82) is 0 Å². The van der Waals surface area contributed by atoms with Crippen LogP contribution in [-0.2, 0) is 20.0 Å². The monoisotopic (exact) mass is 329 g/mol. The van der Waals surface area contributed by atoms with E-state index in [0.717, 1.165) is 31.5 Å². The highest BCUT2D eigenvalue weighted by Gasteiger charge is 2.33. The largest absolute Gasteiger partial charge is 0.423 e. The van der Waals surface area contributed by atoms with Gasteiger partial charge in [-0.3, -0.25) is 9.58 Å². The Kier molecular flexibility index (Phi) is 4.38. The van der Waals surface area contributed by atoms with Crippen LogP contribution in [0.25, 0.3) is 0 Å². The fourth-order valence-corrected chi connectivity index (χ4v) is 2.87. The fourth-order valence-electron chi connectivity index (χ4n) is 2.87. The first-order valence-corrected chi connectivity index (χ1v) is 7.52. The summed E-state index contributed by atoms with van der Waals surface area (Å²) in [7, 11) is 1.86. The Morgan fingerprint density at radius 2 is 2.13 bits per heavy atom. The molecule has 0 amide bonds. The fraction of sp³-hybridized carbons (Fsp3) is 0.643. The van der Waals surface area contributed by atoms with Crippen molar-refractivity contribution in [3.63, 3.8) is 0 Å². The zero-order valence-corrected chi connectivity index (χ0v) is 12.8. The second-order valence-corrected chi connectivity index (χ2v) is 5.75. The van der Waals surface area contributed by atoms with Gasteiger partial charge in [0.2, 0.25) is 11.8 Å². The van der Waals surface area contributed by atoms with Gasteiger partial charge in [-0.2, -0.15) is 18.3 Å². The SMILES string of the molecule is Cn1nccc1CN1CCCCC1c1nnc(CC(F)(F)F)o1. The van der Waals surface area contributed by atoms with Crippen LogP contribution in [0, 0.1) is 0 Å². The molecule has 126 valence electrons. The molecule has 0 N–H and O–H groups in total. The van der Waals surface area contributed by atoms with Gasteiger partial charge in [-0.05, 0) is 25.5 Å². The molecule has 9 heteroatoms. The van der Waals surface area contributed by atoms with Crippen LogP contribution < -0.4 is 0 Å². The topological polar surface area (TPSA) is 60.0 Å². The molecular formula is C14H18F3N5O. The van der Waals surface area contributed by atoms with Crippen LogP contribution in [0.3, 0.4) is 0 Å². The van der Waals surface area contributed by atoms with Crippen molar-refractivity contribution >= 4 is 0 Å². The number of likely N-dealkylation sites (tertiary alicyclic amines) is 1. The predicted octanol–water partition coefficient (Wildman–Crippen LogP) is 2.64. The molecule has 1 aliphatic rings. The van der Waals surface area contributed by atoms with Gasteiger partial charge in [0.15, 0.2) is 0 Å². The number of halogens is 3. The summed E-state index contributed by atoms with van der Waals surface area (Å²) in [5, 5.41) is 11.5. The maximum Gasteiger partial charge on any atom is 0.397 e. The van der Waals surface area contributed by atoms with Crippen molar-refractivity contribution in [3.05, 3.63) is 29.7 Å². The Hall–Kier alpha value is -1.90. The van der Waals surface area contributed by atoms with Gasteiger partial charge < -0.3 is 4.42 Å². The van der Waals surface area contributed by atoms with E-state index in [1.807, 2.05) is 13.1 Å². The highest BCUT2D eigenvalue weighted by molar-refractivity contribution is 5.02. The molecule has 2 aromatic rings. The van der Waals surface area contributed by atoms with Crippen LogP contribution in [0.4, 0.5) is 13.2 Å². The lowest BCUT2D eigenvalue weighted by atomic mass is 10.0. The van der Waals surface area contributed by atoms with Gasteiger partial charge in [0.25, 0.3) is 0 Å². The van der Waals surface area contributed by atoms with Crippen molar-refractivity contribution < 1.29 is 17.6 Å². The molecule has 1 fully saturated rings. The Morgan fingerprint density at radius 1 is 1.30 bits per heavy atom. The van der Waals surface area contributed by atoms with E-state index in [4.69, 9.17) is 4.42 Å². The molecule has 0 spiro atoms. The summed E-state index contributed by atoms with van der Waals surface area (Å²) in [4.78, 5) is 2.16. The lowest BCUT2D eigenvalue weighted by Gasteiger charge is -2.33. The highest BCUT2D eigenvalue weighted by Crippen LogP contribution is 2.32. The number of rotatable bonds is 4. The zero-order chi connectivity index (χ0) is 16.4. The van der Waals surface area contributed by atoms with Crippen molar-refractivity contribution in [2.24, 2.45) is 7.05 Å². The quantitative estimate of drug-likeness (QED) is 0.863. The van der Waals surface area contributed by atoms with Gasteiger partial charge in [0.05, 0.1) is 11.7 Å². The van der Waals surface area contributed by atoms with Crippen molar-refractivity contribution in [3.8, 4) is 0 Å². The van der Waals surface area contributed by atoms with E-state index >= 15 is 0 Å². The Bertz CT molecular complexity index is 651. The molecule has 0 radical (unpaired) electrons. The Labute approximate surface area is 131 Å². The van der Waals surface area contributed by atoms with Gasteiger partial charge in [0.1, 0.15) is 6.42 Å². The maximum atomic E-state index is 12.4. The molecule has 1 saturated heterocycles. The first-order valence-electron chi connectivity index (χ1n) is 7.52. The number of hydrogen-bond acceptors (Lipinski definition) is 5. The summed E-state index contributed by atoms with van der Waals surface area (Å²) in [5.41, 5.74) is 1.03. The minimum atomic E-state index is -4.34. The lowest BCUT2D eigenvalue weighted by Crippen LogP contribution is -2.33. The first kappa shape index (κ1) is 16.0. The van der Waals surface area contributed by atoms with E-state index < -0.39 is 12.6 Å². The third-order valence-electron chi connectivity index (χ3n) is 4.02. The highest BCUT2D eigenvalue weighted by atomic mass is 19.4. The van der Waals surface area contributed by atoms with Crippen molar-refractivity contribution in [2.75, 3.05) is 6.54 Å². The number of piperidine rings is 1. The van der Waals surface area contributed by atoms with Crippen molar-refractivity contribution in [1.82, 2.24) is 24.9 Å². The normalized spacial score (nSPS) is 20.1. The molecule has 0 aliphatic carbocycles. The van der Waals surface area contributed by atoms with Crippen LogP contribution in [0.2, 0.25) is 0 Å². The van der Waals surface area contributed by atoms with Crippen LogP contribution in [0.15, 0.2) is 16.7 Å². The molecule has 6 nitrogen and oxygen atoms in total. The van der Waals surface area contributed by atoms with E-state index in [1.165, 1.54) is 0 Å². The molecule has 1 aliphatic heterocycles. The number of aromatic nitrogens is 4. The molecular weight excluding hydrogens is 311 g/mol. The molecule has 3 rings (SSSR count). The van der Waals surface area contributed by atoms with Gasteiger partial charge in [-0.15, -0.1) is 10.2 Å². The summed E-state index contributed by atoms with van der Waals surface area (Å²) in [6.07, 6.45) is -0.978. The van der Waals surface area contributed by atoms with Crippen molar-refractivity contribution in [2.45, 2.75) is 44.4 Å². The molecule has 2 aromatic heterocycles. The predicted molar refractivity (Wildman–Crippen MR) is 74.3 cm³/mol. The molecule has 0 saturated carbocycles. The summed E-state index contributed by atoms with van der Waals surface area (Å²) < 4.78 is 44.3. The van der Waals surface area contributed by atoms with Crippen LogP contribution >= 0.6 is 0 Å². The first-order chi connectivity index (χ1) is 10.9. The number of aryl methyl sites for hydroxylation is 1. The maximum absolute atomic E-state index is 12.4. The van der Waals surface area contributed by atoms with Crippen LogP contribution in [0.5, 0.6) is 0 Å². The second-order valence-electron chi connectivity index (χ2n) is 5.75. The van der Waals surface area contributed by atoms with Gasteiger partial charge in [0, 0.05) is 19.8 Å². The number of hydrogen-bond donors (Lipinski definition) is 0. The summed E-state index contributed by atoms with van der Waals surface area (Å²) in [6, 6.07) is 1.78. The van der Waals surface area contributed by atoms with Crippen LogP contribution in [-0.4, -0.2) is 37.6 Å². The summed E-state index contributed by atoms with van der Waals surface area (Å²) in [5.74, 6) is -0.107. The lowest BCUT2D eigenvalue weighted by molar-refractivity contribution is -0.131. The molecule has 23 heavy (non-hydrogen) atoms. The second kappa shape index (κ2) is 6.31. The van der Waals surface area contributed by atoms with E-state index in [9.17, 15) is 13.2 Å². The standard InChI is InChI=1S/C14H18F3N5O/c1-21-10(5-6-18-21)9-22-7-3-2-4-11(22)13-20-19-12(23-13)8-14(15,16)17/h5-6,11H,2-4,7-9H2,1H3. The molecule has 1 unspecified atom stereocenters. The third-order valence-corrected chi connectivity index (χ3v) is 4.02. The van der Waals surface area contributed by atoms with Gasteiger partial charge in [-0.25, -0.2) is 0 Å².